The van der Waals surface area contributed by atoms with Gasteiger partial charge in [-0.2, -0.15) is 0 Å². The molecular formula is C14H20N4O2. The minimum absolute atomic E-state index is 0.185. The Bertz CT molecular complexity index is 488. The van der Waals surface area contributed by atoms with Crippen LogP contribution < -0.4 is 10.2 Å². The SMILES string of the molecule is O=[N+]([O-])N1CCNCC1c1ccccc1N1CCCC1. The molecule has 1 N–H and O–H groups in total. The molecule has 2 aliphatic rings. The van der Waals surface area contributed by atoms with Crippen LogP contribution in [0.1, 0.15) is 24.4 Å². The summed E-state index contributed by atoms with van der Waals surface area (Å²) in [5, 5.41) is 15.6. The Morgan fingerprint density at radius 3 is 2.70 bits per heavy atom. The zero-order valence-electron chi connectivity index (χ0n) is 11.5. The molecule has 108 valence electrons. The molecule has 2 saturated heterocycles. The van der Waals surface area contributed by atoms with Gasteiger partial charge in [0.25, 0.3) is 0 Å². The van der Waals surface area contributed by atoms with E-state index < -0.39 is 0 Å². The second-order valence-electron chi connectivity index (χ2n) is 5.37. The lowest BCUT2D eigenvalue weighted by Crippen LogP contribution is -2.48. The van der Waals surface area contributed by atoms with Crippen molar-refractivity contribution in [3.05, 3.63) is 39.9 Å². The third-order valence-corrected chi connectivity index (χ3v) is 4.17. The summed E-state index contributed by atoms with van der Waals surface area (Å²) in [5.41, 5.74) is 2.23. The first-order valence-corrected chi connectivity index (χ1v) is 7.23. The molecule has 1 unspecified atom stereocenters. The number of para-hydroxylation sites is 1. The van der Waals surface area contributed by atoms with E-state index in [2.05, 4.69) is 16.3 Å². The molecule has 1 aromatic rings. The summed E-state index contributed by atoms with van der Waals surface area (Å²) in [7, 11) is 0. The van der Waals surface area contributed by atoms with Gasteiger partial charge in [0.2, 0.25) is 0 Å². The number of hydrogen-bond acceptors (Lipinski definition) is 4. The van der Waals surface area contributed by atoms with Gasteiger partial charge in [0.05, 0.1) is 6.54 Å². The Balaban J connectivity index is 1.93. The number of nitrogens with one attached hydrogen (secondary N) is 1. The highest BCUT2D eigenvalue weighted by Crippen LogP contribution is 2.32. The molecule has 0 amide bonds. The number of nitro groups is 1. The molecule has 2 aliphatic heterocycles. The van der Waals surface area contributed by atoms with E-state index in [1.54, 1.807) is 0 Å². The molecule has 20 heavy (non-hydrogen) atoms. The standard InChI is InChI=1S/C14H20N4O2/c19-18(20)17-10-7-15-11-14(17)12-5-1-2-6-13(12)16-8-3-4-9-16/h1-2,5-6,14-15H,3-4,7-11H2. The van der Waals surface area contributed by atoms with Gasteiger partial charge in [-0.05, 0) is 18.9 Å². The number of rotatable bonds is 3. The van der Waals surface area contributed by atoms with E-state index in [1.807, 2.05) is 18.2 Å². The van der Waals surface area contributed by atoms with Crippen LogP contribution in [0.2, 0.25) is 0 Å². The van der Waals surface area contributed by atoms with Crippen LogP contribution in [0.25, 0.3) is 0 Å². The molecular weight excluding hydrogens is 256 g/mol. The zero-order chi connectivity index (χ0) is 13.9. The van der Waals surface area contributed by atoms with E-state index in [1.165, 1.54) is 17.9 Å². The lowest BCUT2D eigenvalue weighted by Gasteiger charge is -2.32. The van der Waals surface area contributed by atoms with Gasteiger partial charge in [-0.15, -0.1) is 5.01 Å². The van der Waals surface area contributed by atoms with E-state index in [-0.39, 0.29) is 11.1 Å². The molecule has 6 heteroatoms. The van der Waals surface area contributed by atoms with E-state index in [4.69, 9.17) is 0 Å². The molecule has 3 rings (SSSR count). The fraction of sp³-hybridized carbons (Fsp3) is 0.571. The second-order valence-corrected chi connectivity index (χ2v) is 5.37. The number of benzene rings is 1. The minimum atomic E-state index is -0.258. The largest absolute Gasteiger partial charge is 0.371 e. The van der Waals surface area contributed by atoms with Gasteiger partial charge in [-0.3, -0.25) is 0 Å². The lowest BCUT2D eigenvalue weighted by molar-refractivity contribution is -0.667. The van der Waals surface area contributed by atoms with Gasteiger partial charge in [-0.1, -0.05) is 18.2 Å². The summed E-state index contributed by atoms with van der Waals surface area (Å²) >= 11 is 0. The van der Waals surface area contributed by atoms with E-state index in [9.17, 15) is 10.1 Å². The van der Waals surface area contributed by atoms with Gasteiger partial charge in [-0.25, -0.2) is 10.1 Å². The third-order valence-electron chi connectivity index (χ3n) is 4.17. The van der Waals surface area contributed by atoms with Crippen molar-refractivity contribution in [2.75, 3.05) is 37.6 Å². The molecule has 6 nitrogen and oxygen atoms in total. The Labute approximate surface area is 118 Å². The predicted octanol–water partition coefficient (Wildman–Crippen LogP) is 1.42. The summed E-state index contributed by atoms with van der Waals surface area (Å²) in [5.74, 6) is 0. The first kappa shape index (κ1) is 13.2. The number of anilines is 1. The Morgan fingerprint density at radius 2 is 1.95 bits per heavy atom. The van der Waals surface area contributed by atoms with Crippen molar-refractivity contribution in [3.8, 4) is 0 Å². The van der Waals surface area contributed by atoms with Gasteiger partial charge < -0.3 is 10.2 Å². The average Bonchev–Trinajstić information content (AvgIpc) is 3.01. The molecule has 1 aromatic carbocycles. The molecule has 0 bridgehead atoms. The molecule has 2 heterocycles. The van der Waals surface area contributed by atoms with Gasteiger partial charge in [0.15, 0.2) is 5.03 Å². The van der Waals surface area contributed by atoms with Crippen molar-refractivity contribution in [1.82, 2.24) is 10.3 Å². The number of hydrogen-bond donors (Lipinski definition) is 1. The first-order valence-electron chi connectivity index (χ1n) is 7.23. The fourth-order valence-corrected chi connectivity index (χ4v) is 3.17. The average molecular weight is 276 g/mol. The highest BCUT2D eigenvalue weighted by Gasteiger charge is 2.33. The highest BCUT2D eigenvalue weighted by atomic mass is 16.7. The van der Waals surface area contributed by atoms with Crippen molar-refractivity contribution >= 4 is 5.69 Å². The van der Waals surface area contributed by atoms with Crippen molar-refractivity contribution in [2.45, 2.75) is 18.9 Å². The van der Waals surface area contributed by atoms with E-state index in [0.717, 1.165) is 24.3 Å². The van der Waals surface area contributed by atoms with Crippen molar-refractivity contribution in [2.24, 2.45) is 0 Å². The van der Waals surface area contributed by atoms with Gasteiger partial charge >= 0.3 is 0 Å². The summed E-state index contributed by atoms with van der Waals surface area (Å²) < 4.78 is 0. The fourth-order valence-electron chi connectivity index (χ4n) is 3.17. The summed E-state index contributed by atoms with van der Waals surface area (Å²) in [6.45, 7) is 3.85. The minimum Gasteiger partial charge on any atom is -0.371 e. The molecule has 0 aliphatic carbocycles. The molecule has 0 saturated carbocycles. The van der Waals surface area contributed by atoms with Gasteiger partial charge in [0, 0.05) is 37.4 Å². The third kappa shape index (κ3) is 2.43. The maximum Gasteiger partial charge on any atom is 0.160 e. The normalized spacial score (nSPS) is 23.1. The van der Waals surface area contributed by atoms with E-state index in [0.29, 0.717) is 19.6 Å². The number of hydrazine groups is 1. The first-order chi connectivity index (χ1) is 9.77. The van der Waals surface area contributed by atoms with Crippen LogP contribution in [0.15, 0.2) is 24.3 Å². The van der Waals surface area contributed by atoms with Crippen molar-refractivity contribution in [1.29, 1.82) is 0 Å². The zero-order valence-corrected chi connectivity index (χ0v) is 11.5. The summed E-state index contributed by atoms with van der Waals surface area (Å²) in [4.78, 5) is 13.6. The molecule has 0 radical (unpaired) electrons. The molecule has 2 fully saturated rings. The lowest BCUT2D eigenvalue weighted by atomic mass is 10.0. The number of nitrogens with zero attached hydrogens (tertiary/aromatic N) is 3. The van der Waals surface area contributed by atoms with Gasteiger partial charge in [0.1, 0.15) is 6.04 Å². The van der Waals surface area contributed by atoms with Crippen molar-refractivity contribution < 1.29 is 5.03 Å². The second kappa shape index (κ2) is 5.66. The van der Waals surface area contributed by atoms with E-state index >= 15 is 0 Å². The predicted molar refractivity (Wildman–Crippen MR) is 77.2 cm³/mol. The maximum atomic E-state index is 11.3. The van der Waals surface area contributed by atoms with Crippen LogP contribution in [-0.4, -0.2) is 42.8 Å². The quantitative estimate of drug-likeness (QED) is 0.668. The Hall–Kier alpha value is -1.82. The smallest absolute Gasteiger partial charge is 0.160 e. The molecule has 1 atom stereocenters. The Morgan fingerprint density at radius 1 is 1.20 bits per heavy atom. The van der Waals surface area contributed by atoms with Crippen LogP contribution in [0.4, 0.5) is 5.69 Å². The van der Waals surface area contributed by atoms with Crippen LogP contribution in [0.5, 0.6) is 0 Å². The summed E-state index contributed by atoms with van der Waals surface area (Å²) in [6, 6.07) is 7.93. The Kier molecular flexibility index (Phi) is 3.73. The maximum absolute atomic E-state index is 11.3. The number of piperazine rings is 1. The van der Waals surface area contributed by atoms with Crippen LogP contribution in [0, 0.1) is 10.1 Å². The van der Waals surface area contributed by atoms with Crippen molar-refractivity contribution in [3.63, 3.8) is 0 Å². The monoisotopic (exact) mass is 276 g/mol. The summed E-state index contributed by atoms with van der Waals surface area (Å²) in [6.07, 6.45) is 2.41. The van der Waals surface area contributed by atoms with Crippen LogP contribution >= 0.6 is 0 Å². The van der Waals surface area contributed by atoms with Crippen LogP contribution in [0.3, 0.4) is 0 Å². The molecule has 0 aromatic heterocycles. The molecule has 0 spiro atoms. The highest BCUT2D eigenvalue weighted by molar-refractivity contribution is 5.55. The van der Waals surface area contributed by atoms with Crippen LogP contribution in [-0.2, 0) is 0 Å². The topological polar surface area (TPSA) is 61.7 Å².